The highest BCUT2D eigenvalue weighted by molar-refractivity contribution is 9.10. The molecule has 2 nitrogen and oxygen atoms in total. The van der Waals surface area contributed by atoms with E-state index in [0.29, 0.717) is 6.54 Å². The van der Waals surface area contributed by atoms with Crippen LogP contribution in [0.1, 0.15) is 5.56 Å². The van der Waals surface area contributed by atoms with Gasteiger partial charge in [-0.2, -0.15) is 0 Å². The van der Waals surface area contributed by atoms with Gasteiger partial charge in [0.1, 0.15) is 5.82 Å². The van der Waals surface area contributed by atoms with E-state index in [2.05, 4.69) is 26.2 Å². The summed E-state index contributed by atoms with van der Waals surface area (Å²) in [5, 5.41) is 3.19. The molecule has 0 aliphatic heterocycles. The minimum atomic E-state index is -0.218. The summed E-state index contributed by atoms with van der Waals surface area (Å²) in [7, 11) is 0. The average Bonchev–Trinajstić information content (AvgIpc) is 2.64. The molecule has 0 amide bonds. The number of nitrogens with one attached hydrogen (secondary N) is 2. The monoisotopic (exact) mass is 268 g/mol. The van der Waals surface area contributed by atoms with E-state index >= 15 is 0 Å². The zero-order chi connectivity index (χ0) is 10.7. The summed E-state index contributed by atoms with van der Waals surface area (Å²) in [6.45, 7) is 0.716. The van der Waals surface area contributed by atoms with Crippen LogP contribution in [0.2, 0.25) is 0 Å². The number of anilines is 1. The summed E-state index contributed by atoms with van der Waals surface area (Å²) in [6, 6.07) is 8.31. The molecular weight excluding hydrogens is 259 g/mol. The second kappa shape index (κ2) is 4.49. The molecule has 4 heteroatoms. The van der Waals surface area contributed by atoms with Crippen LogP contribution in [0.25, 0.3) is 0 Å². The van der Waals surface area contributed by atoms with E-state index in [1.165, 1.54) is 12.1 Å². The molecule has 0 atom stereocenters. The zero-order valence-corrected chi connectivity index (χ0v) is 9.51. The molecule has 0 aliphatic carbocycles. The minimum Gasteiger partial charge on any atom is -0.381 e. The summed E-state index contributed by atoms with van der Waals surface area (Å²) in [6.07, 6.45) is 1.92. The van der Waals surface area contributed by atoms with Crippen molar-refractivity contribution in [3.63, 3.8) is 0 Å². The van der Waals surface area contributed by atoms with Crippen molar-refractivity contribution in [1.82, 2.24) is 4.98 Å². The zero-order valence-electron chi connectivity index (χ0n) is 7.93. The van der Waals surface area contributed by atoms with Crippen LogP contribution in [0.3, 0.4) is 0 Å². The van der Waals surface area contributed by atoms with E-state index in [4.69, 9.17) is 0 Å². The first-order valence-electron chi connectivity index (χ1n) is 4.56. The van der Waals surface area contributed by atoms with Gasteiger partial charge in [0.2, 0.25) is 0 Å². The molecule has 1 heterocycles. The van der Waals surface area contributed by atoms with Crippen LogP contribution in [0.4, 0.5) is 10.1 Å². The summed E-state index contributed by atoms with van der Waals surface area (Å²) in [5.41, 5.74) is 2.06. The topological polar surface area (TPSA) is 27.8 Å². The molecule has 0 radical (unpaired) electrons. The van der Waals surface area contributed by atoms with Crippen LogP contribution in [-0.2, 0) is 6.54 Å². The Morgan fingerprint density at radius 1 is 1.27 bits per heavy atom. The number of rotatable bonds is 3. The van der Waals surface area contributed by atoms with Crippen molar-refractivity contribution in [3.8, 4) is 0 Å². The highest BCUT2D eigenvalue weighted by Gasteiger charge is 1.97. The van der Waals surface area contributed by atoms with E-state index in [1.807, 2.05) is 12.3 Å². The third-order valence-corrected chi connectivity index (χ3v) is 2.51. The van der Waals surface area contributed by atoms with Gasteiger partial charge in [0.25, 0.3) is 0 Å². The molecule has 0 saturated carbocycles. The molecule has 1 aromatic carbocycles. The predicted octanol–water partition coefficient (Wildman–Crippen LogP) is 3.53. The quantitative estimate of drug-likeness (QED) is 0.876. The Kier molecular flexibility index (Phi) is 3.06. The second-order valence-electron chi connectivity index (χ2n) is 3.22. The largest absolute Gasteiger partial charge is 0.381 e. The minimum absolute atomic E-state index is 0.218. The molecule has 78 valence electrons. The van der Waals surface area contributed by atoms with Gasteiger partial charge in [-0.1, -0.05) is 0 Å². The van der Waals surface area contributed by atoms with Crippen molar-refractivity contribution in [2.75, 3.05) is 5.32 Å². The second-order valence-corrected chi connectivity index (χ2v) is 4.07. The highest BCUT2D eigenvalue weighted by Crippen LogP contribution is 2.13. The van der Waals surface area contributed by atoms with Crippen molar-refractivity contribution >= 4 is 21.6 Å². The molecular formula is C11H10BrFN2. The Morgan fingerprint density at radius 3 is 2.60 bits per heavy atom. The highest BCUT2D eigenvalue weighted by atomic mass is 79.9. The first kappa shape index (κ1) is 10.2. The van der Waals surface area contributed by atoms with Crippen LogP contribution in [0, 0.1) is 5.82 Å². The third kappa shape index (κ3) is 2.83. The van der Waals surface area contributed by atoms with E-state index in [1.54, 1.807) is 12.1 Å². The smallest absolute Gasteiger partial charge is 0.123 e. The van der Waals surface area contributed by atoms with Gasteiger partial charge in [-0.15, -0.1) is 0 Å². The van der Waals surface area contributed by atoms with Gasteiger partial charge in [-0.05, 0) is 51.8 Å². The Morgan fingerprint density at radius 2 is 2.00 bits per heavy atom. The number of H-pyrrole nitrogens is 1. The Bertz CT molecular complexity index is 436. The molecule has 2 aromatic rings. The predicted molar refractivity (Wildman–Crippen MR) is 62.2 cm³/mol. The van der Waals surface area contributed by atoms with Crippen molar-refractivity contribution < 1.29 is 4.39 Å². The normalized spacial score (nSPS) is 10.3. The Labute approximate surface area is 95.6 Å². The summed E-state index contributed by atoms with van der Waals surface area (Å²) < 4.78 is 13.6. The standard InChI is InChI=1S/C11H10BrFN2/c12-11-5-8(7-15-11)6-14-10-3-1-9(13)2-4-10/h1-5,7,14-15H,6H2. The number of aromatic amines is 1. The van der Waals surface area contributed by atoms with Crippen LogP contribution in [0.5, 0.6) is 0 Å². The number of halogens is 2. The van der Waals surface area contributed by atoms with E-state index in [0.717, 1.165) is 15.9 Å². The fourth-order valence-corrected chi connectivity index (χ4v) is 1.69. The molecule has 0 spiro atoms. The third-order valence-electron chi connectivity index (χ3n) is 2.05. The fourth-order valence-electron chi connectivity index (χ4n) is 1.28. The van der Waals surface area contributed by atoms with Crippen LogP contribution in [0.15, 0.2) is 41.1 Å². The number of hydrogen-bond acceptors (Lipinski definition) is 1. The van der Waals surface area contributed by atoms with Gasteiger partial charge < -0.3 is 10.3 Å². The summed E-state index contributed by atoms with van der Waals surface area (Å²) in [5.74, 6) is -0.218. The van der Waals surface area contributed by atoms with Gasteiger partial charge in [-0.3, -0.25) is 0 Å². The maximum absolute atomic E-state index is 12.6. The molecule has 2 N–H and O–H groups in total. The van der Waals surface area contributed by atoms with E-state index in [-0.39, 0.29) is 5.82 Å². The van der Waals surface area contributed by atoms with E-state index < -0.39 is 0 Å². The van der Waals surface area contributed by atoms with E-state index in [9.17, 15) is 4.39 Å². The van der Waals surface area contributed by atoms with Gasteiger partial charge in [0, 0.05) is 18.4 Å². The number of hydrogen-bond donors (Lipinski definition) is 2. The van der Waals surface area contributed by atoms with Gasteiger partial charge >= 0.3 is 0 Å². The van der Waals surface area contributed by atoms with Crippen molar-refractivity contribution in [2.24, 2.45) is 0 Å². The van der Waals surface area contributed by atoms with Crippen molar-refractivity contribution in [3.05, 3.63) is 52.5 Å². The molecule has 0 fully saturated rings. The Balaban J connectivity index is 1.96. The van der Waals surface area contributed by atoms with Gasteiger partial charge in [0.15, 0.2) is 0 Å². The lowest BCUT2D eigenvalue weighted by molar-refractivity contribution is 0.628. The van der Waals surface area contributed by atoms with Crippen LogP contribution in [-0.4, -0.2) is 4.98 Å². The lowest BCUT2D eigenvalue weighted by atomic mass is 10.3. The van der Waals surface area contributed by atoms with Gasteiger partial charge in [-0.25, -0.2) is 4.39 Å². The Hall–Kier alpha value is -1.29. The molecule has 15 heavy (non-hydrogen) atoms. The lowest BCUT2D eigenvalue weighted by Gasteiger charge is -2.03. The molecule has 0 aliphatic rings. The number of benzene rings is 1. The SMILES string of the molecule is Fc1ccc(NCc2c[nH]c(Br)c2)cc1. The van der Waals surface area contributed by atoms with Gasteiger partial charge in [0.05, 0.1) is 4.60 Å². The molecule has 2 rings (SSSR count). The molecule has 1 aromatic heterocycles. The summed E-state index contributed by atoms with van der Waals surface area (Å²) >= 11 is 3.33. The molecule has 0 bridgehead atoms. The first-order valence-corrected chi connectivity index (χ1v) is 5.35. The maximum atomic E-state index is 12.6. The molecule has 0 unspecified atom stereocenters. The molecule has 0 saturated heterocycles. The van der Waals surface area contributed by atoms with Crippen LogP contribution >= 0.6 is 15.9 Å². The lowest BCUT2D eigenvalue weighted by Crippen LogP contribution is -1.97. The average molecular weight is 269 g/mol. The van der Waals surface area contributed by atoms with Crippen molar-refractivity contribution in [1.29, 1.82) is 0 Å². The number of aromatic nitrogens is 1. The fraction of sp³-hybridized carbons (Fsp3) is 0.0909. The van der Waals surface area contributed by atoms with Crippen LogP contribution < -0.4 is 5.32 Å². The van der Waals surface area contributed by atoms with Crippen molar-refractivity contribution in [2.45, 2.75) is 6.54 Å². The summed E-state index contributed by atoms with van der Waals surface area (Å²) in [4.78, 5) is 3.03. The first-order chi connectivity index (χ1) is 7.24. The maximum Gasteiger partial charge on any atom is 0.123 e.